The molecule has 0 spiro atoms. The summed E-state index contributed by atoms with van der Waals surface area (Å²) in [7, 11) is 0. The minimum atomic E-state index is -0.864. The van der Waals surface area contributed by atoms with Crippen LogP contribution in [0.3, 0.4) is 0 Å². The van der Waals surface area contributed by atoms with Gasteiger partial charge in [0, 0.05) is 10.4 Å². The Morgan fingerprint density at radius 1 is 1.12 bits per heavy atom. The van der Waals surface area contributed by atoms with E-state index in [0.717, 1.165) is 38.2 Å². The minimum absolute atomic E-state index is 0.0419. The lowest BCUT2D eigenvalue weighted by atomic mass is 10.1. The Kier molecular flexibility index (Phi) is 4.41. The van der Waals surface area contributed by atoms with Crippen molar-refractivity contribution in [3.63, 3.8) is 0 Å². The summed E-state index contributed by atoms with van der Waals surface area (Å²) in [5.74, 6) is 0.603. The van der Waals surface area contributed by atoms with E-state index >= 15 is 0 Å². The number of carboxylic acid groups (broad SMARTS) is 1. The van der Waals surface area contributed by atoms with E-state index in [1.54, 1.807) is 0 Å². The first-order chi connectivity index (χ1) is 12.7. The molecule has 0 saturated carbocycles. The molecule has 0 fully saturated rings. The van der Waals surface area contributed by atoms with Crippen molar-refractivity contribution < 1.29 is 19.4 Å². The van der Waals surface area contributed by atoms with Gasteiger partial charge >= 0.3 is 5.97 Å². The van der Waals surface area contributed by atoms with Crippen LogP contribution >= 0.6 is 11.3 Å². The number of rotatable bonds is 5. The van der Waals surface area contributed by atoms with Crippen molar-refractivity contribution in [1.82, 2.24) is 4.98 Å². The highest BCUT2D eigenvalue weighted by Crippen LogP contribution is 2.34. The van der Waals surface area contributed by atoms with Gasteiger partial charge in [0.25, 0.3) is 0 Å². The molecule has 0 bridgehead atoms. The molecule has 0 saturated heterocycles. The third-order valence-electron chi connectivity index (χ3n) is 3.89. The van der Waals surface area contributed by atoms with Gasteiger partial charge < -0.3 is 14.6 Å². The second-order valence-corrected chi connectivity index (χ2v) is 6.82. The van der Waals surface area contributed by atoms with Crippen molar-refractivity contribution in [2.75, 3.05) is 6.79 Å². The van der Waals surface area contributed by atoms with Crippen LogP contribution in [0.15, 0.2) is 48.5 Å². The Balaban J connectivity index is 1.64. The first-order valence-corrected chi connectivity index (χ1v) is 8.85. The summed E-state index contributed by atoms with van der Waals surface area (Å²) in [5.41, 5.74) is 2.61. The fourth-order valence-electron chi connectivity index (χ4n) is 2.70. The highest BCUT2D eigenvalue weighted by atomic mass is 32.1. The topological polar surface area (TPSA) is 68.7 Å². The molecule has 2 heterocycles. The number of benzene rings is 2. The largest absolute Gasteiger partial charge is 0.481 e. The molecule has 5 nitrogen and oxygen atoms in total. The number of hydrogen-bond donors (Lipinski definition) is 1. The Bertz CT molecular complexity index is 979. The van der Waals surface area contributed by atoms with Crippen molar-refractivity contribution in [2.24, 2.45) is 0 Å². The first kappa shape index (κ1) is 16.4. The van der Waals surface area contributed by atoms with Crippen LogP contribution in [0.25, 0.3) is 23.4 Å². The van der Waals surface area contributed by atoms with E-state index in [4.69, 9.17) is 9.47 Å². The molecule has 6 heteroatoms. The van der Waals surface area contributed by atoms with E-state index in [2.05, 4.69) is 4.98 Å². The van der Waals surface area contributed by atoms with E-state index in [0.29, 0.717) is 0 Å². The summed E-state index contributed by atoms with van der Waals surface area (Å²) in [6.07, 6.45) is 3.78. The van der Waals surface area contributed by atoms with Gasteiger partial charge in [-0.15, -0.1) is 11.3 Å². The first-order valence-electron chi connectivity index (χ1n) is 8.04. The molecule has 1 aliphatic rings. The number of hydrogen-bond acceptors (Lipinski definition) is 5. The second kappa shape index (κ2) is 7.01. The highest BCUT2D eigenvalue weighted by molar-refractivity contribution is 7.13. The SMILES string of the molecule is O=C(O)Cc1sc(/C=C/c2ccc3c(c2)OCO3)nc1-c1ccccc1. The predicted octanol–water partition coefficient (Wildman–Crippen LogP) is 4.34. The molecule has 3 aromatic rings. The van der Waals surface area contributed by atoms with Gasteiger partial charge in [0.1, 0.15) is 5.01 Å². The number of carboxylic acids is 1. The Hall–Kier alpha value is -3.12. The van der Waals surface area contributed by atoms with Crippen LogP contribution in [-0.4, -0.2) is 22.9 Å². The maximum Gasteiger partial charge on any atom is 0.308 e. The highest BCUT2D eigenvalue weighted by Gasteiger charge is 2.15. The maximum atomic E-state index is 11.2. The number of nitrogens with zero attached hydrogens (tertiary/aromatic N) is 1. The van der Waals surface area contributed by atoms with Crippen molar-refractivity contribution in [3.05, 3.63) is 64.0 Å². The van der Waals surface area contributed by atoms with Gasteiger partial charge in [0.2, 0.25) is 6.79 Å². The Labute approximate surface area is 154 Å². The van der Waals surface area contributed by atoms with Gasteiger partial charge in [0.05, 0.1) is 12.1 Å². The normalized spacial score (nSPS) is 12.6. The molecule has 0 amide bonds. The lowest BCUT2D eigenvalue weighted by Gasteiger charge is -1.99. The molecule has 1 aliphatic heterocycles. The van der Waals surface area contributed by atoms with Crippen LogP contribution in [0.5, 0.6) is 11.5 Å². The van der Waals surface area contributed by atoms with Crippen molar-refractivity contribution in [1.29, 1.82) is 0 Å². The average Bonchev–Trinajstić information content (AvgIpc) is 3.26. The van der Waals surface area contributed by atoms with Crippen LogP contribution < -0.4 is 9.47 Å². The van der Waals surface area contributed by atoms with Gasteiger partial charge in [-0.2, -0.15) is 0 Å². The lowest BCUT2D eigenvalue weighted by Crippen LogP contribution is -1.99. The average molecular weight is 365 g/mol. The fraction of sp³-hybridized carbons (Fsp3) is 0.100. The molecule has 0 radical (unpaired) electrons. The fourth-order valence-corrected chi connectivity index (χ4v) is 3.69. The van der Waals surface area contributed by atoms with Crippen molar-refractivity contribution >= 4 is 29.5 Å². The van der Waals surface area contributed by atoms with Crippen molar-refractivity contribution in [2.45, 2.75) is 6.42 Å². The Morgan fingerprint density at radius 2 is 1.92 bits per heavy atom. The molecule has 26 heavy (non-hydrogen) atoms. The summed E-state index contributed by atoms with van der Waals surface area (Å²) in [6.45, 7) is 0.244. The van der Waals surface area contributed by atoms with E-state index in [1.807, 2.05) is 60.7 Å². The van der Waals surface area contributed by atoms with Crippen LogP contribution in [0, 0.1) is 0 Å². The zero-order chi connectivity index (χ0) is 17.9. The molecule has 0 atom stereocenters. The summed E-state index contributed by atoms with van der Waals surface area (Å²) in [4.78, 5) is 16.6. The van der Waals surface area contributed by atoms with Gasteiger partial charge in [-0.05, 0) is 23.8 Å². The molecule has 2 aromatic carbocycles. The zero-order valence-electron chi connectivity index (χ0n) is 13.7. The van der Waals surface area contributed by atoms with E-state index in [1.165, 1.54) is 11.3 Å². The number of aromatic nitrogens is 1. The maximum absolute atomic E-state index is 11.2. The summed E-state index contributed by atoms with van der Waals surface area (Å²) >= 11 is 1.39. The monoisotopic (exact) mass is 365 g/mol. The van der Waals surface area contributed by atoms with Gasteiger partial charge in [-0.1, -0.05) is 42.5 Å². The minimum Gasteiger partial charge on any atom is -0.481 e. The van der Waals surface area contributed by atoms with Crippen LogP contribution in [0.1, 0.15) is 15.4 Å². The number of carbonyl (C=O) groups is 1. The molecule has 1 N–H and O–H groups in total. The summed E-state index contributed by atoms with van der Waals surface area (Å²) in [6, 6.07) is 15.3. The molecule has 0 unspecified atom stereocenters. The smallest absolute Gasteiger partial charge is 0.308 e. The standard InChI is InChI=1S/C20H15NO4S/c22-19(23)11-17-20(14-4-2-1-3-5-14)21-18(26-17)9-7-13-6-8-15-16(10-13)25-12-24-15/h1-10H,11-12H2,(H,22,23)/b9-7+. The van der Waals surface area contributed by atoms with E-state index in [-0.39, 0.29) is 13.2 Å². The zero-order valence-corrected chi connectivity index (χ0v) is 14.5. The van der Waals surface area contributed by atoms with Crippen LogP contribution in [-0.2, 0) is 11.2 Å². The summed E-state index contributed by atoms with van der Waals surface area (Å²) in [5, 5.41) is 9.94. The number of fused-ring (bicyclic) bond motifs is 1. The molecular formula is C20H15NO4S. The lowest BCUT2D eigenvalue weighted by molar-refractivity contribution is -0.136. The van der Waals surface area contributed by atoms with Crippen LogP contribution in [0.2, 0.25) is 0 Å². The van der Waals surface area contributed by atoms with E-state index < -0.39 is 5.97 Å². The summed E-state index contributed by atoms with van der Waals surface area (Å²) < 4.78 is 10.7. The molecule has 130 valence electrons. The number of thiazole rings is 1. The van der Waals surface area contributed by atoms with Crippen molar-refractivity contribution in [3.8, 4) is 22.8 Å². The second-order valence-electron chi connectivity index (χ2n) is 5.71. The third kappa shape index (κ3) is 3.45. The van der Waals surface area contributed by atoms with Gasteiger partial charge in [-0.3, -0.25) is 4.79 Å². The molecule has 1 aromatic heterocycles. The van der Waals surface area contributed by atoms with Gasteiger partial charge in [-0.25, -0.2) is 4.98 Å². The van der Waals surface area contributed by atoms with E-state index in [9.17, 15) is 9.90 Å². The van der Waals surface area contributed by atoms with Crippen LogP contribution in [0.4, 0.5) is 0 Å². The quantitative estimate of drug-likeness (QED) is 0.728. The number of aliphatic carboxylic acids is 1. The molecular weight excluding hydrogens is 350 g/mol. The van der Waals surface area contributed by atoms with Gasteiger partial charge in [0.15, 0.2) is 11.5 Å². The molecule has 0 aliphatic carbocycles. The Morgan fingerprint density at radius 3 is 2.73 bits per heavy atom. The number of ether oxygens (including phenoxy) is 2. The predicted molar refractivity (Wildman–Crippen MR) is 100 cm³/mol. The third-order valence-corrected chi connectivity index (χ3v) is 4.91. The molecule has 4 rings (SSSR count).